The highest BCUT2D eigenvalue weighted by molar-refractivity contribution is 7.93. The Morgan fingerprint density at radius 2 is 2.10 bits per heavy atom. The van der Waals surface area contributed by atoms with Crippen LogP contribution in [0.1, 0.15) is 17.5 Å². The molecule has 2 aromatic rings. The summed E-state index contributed by atoms with van der Waals surface area (Å²) in [6, 6.07) is 8.93. The molecule has 0 unspecified atom stereocenters. The molecule has 2 N–H and O–H groups in total. The molecular formula is C15H17N3O2S. The molecule has 1 aromatic heterocycles. The molecule has 0 saturated heterocycles. The number of rotatable bonds is 2. The van der Waals surface area contributed by atoms with Gasteiger partial charge in [-0.15, -0.1) is 0 Å². The molecule has 1 aromatic carbocycles. The zero-order valence-corrected chi connectivity index (χ0v) is 12.6. The molecule has 0 amide bonds. The molecule has 5 nitrogen and oxygen atoms in total. The average Bonchev–Trinajstić information content (AvgIpc) is 2.46. The Bertz CT molecular complexity index is 787. The highest BCUT2D eigenvalue weighted by atomic mass is 32.2. The summed E-state index contributed by atoms with van der Waals surface area (Å²) in [6.45, 7) is 2.47. The van der Waals surface area contributed by atoms with Gasteiger partial charge in [-0.05, 0) is 43.5 Å². The Hall–Kier alpha value is -2.08. The lowest BCUT2D eigenvalue weighted by molar-refractivity contribution is 0.586. The third kappa shape index (κ3) is 2.35. The first-order valence-corrected chi connectivity index (χ1v) is 8.27. The van der Waals surface area contributed by atoms with Gasteiger partial charge < -0.3 is 5.73 Å². The van der Waals surface area contributed by atoms with Gasteiger partial charge in [-0.3, -0.25) is 4.31 Å². The van der Waals surface area contributed by atoms with E-state index in [1.807, 2.05) is 25.1 Å². The minimum atomic E-state index is -3.67. The van der Waals surface area contributed by atoms with Crippen LogP contribution < -0.4 is 10.0 Å². The van der Waals surface area contributed by atoms with Gasteiger partial charge >= 0.3 is 0 Å². The molecule has 0 atom stereocenters. The summed E-state index contributed by atoms with van der Waals surface area (Å²) in [6.07, 6.45) is 3.18. The number of hydrogen-bond donors (Lipinski definition) is 1. The van der Waals surface area contributed by atoms with Gasteiger partial charge in [0, 0.05) is 12.7 Å². The maximum atomic E-state index is 12.9. The van der Waals surface area contributed by atoms with Gasteiger partial charge in [0.25, 0.3) is 10.0 Å². The van der Waals surface area contributed by atoms with Crippen LogP contribution in [0.25, 0.3) is 0 Å². The molecule has 0 saturated carbocycles. The van der Waals surface area contributed by atoms with Crippen molar-refractivity contribution < 1.29 is 8.42 Å². The van der Waals surface area contributed by atoms with Crippen molar-refractivity contribution in [3.63, 3.8) is 0 Å². The SMILES string of the molecule is Cc1ccc2c(c1)CCCN2S(=O)(=O)c1cccnc1N. The van der Waals surface area contributed by atoms with Gasteiger partial charge in [0.1, 0.15) is 10.7 Å². The Balaban J connectivity index is 2.12. The maximum absolute atomic E-state index is 12.9. The summed E-state index contributed by atoms with van der Waals surface area (Å²) < 4.78 is 27.2. The molecule has 6 heteroatoms. The number of nitrogens with zero attached hydrogens (tertiary/aromatic N) is 2. The second-order valence-corrected chi connectivity index (χ2v) is 7.03. The molecule has 21 heavy (non-hydrogen) atoms. The number of fused-ring (bicyclic) bond motifs is 1. The second-order valence-electron chi connectivity index (χ2n) is 5.20. The lowest BCUT2D eigenvalue weighted by Gasteiger charge is -2.30. The van der Waals surface area contributed by atoms with Crippen LogP contribution in [0.2, 0.25) is 0 Å². The molecule has 1 aliphatic rings. The molecule has 0 radical (unpaired) electrons. The van der Waals surface area contributed by atoms with Crippen molar-refractivity contribution in [2.75, 3.05) is 16.6 Å². The van der Waals surface area contributed by atoms with Crippen LogP contribution in [0.3, 0.4) is 0 Å². The van der Waals surface area contributed by atoms with Crippen molar-refractivity contribution in [1.82, 2.24) is 4.98 Å². The fourth-order valence-corrected chi connectivity index (χ4v) is 4.29. The summed E-state index contributed by atoms with van der Waals surface area (Å²) in [5.41, 5.74) is 8.68. The van der Waals surface area contributed by atoms with Gasteiger partial charge in [-0.2, -0.15) is 0 Å². The number of nitrogen functional groups attached to an aromatic ring is 1. The molecule has 1 aliphatic heterocycles. The van der Waals surface area contributed by atoms with E-state index in [0.717, 1.165) is 29.7 Å². The fraction of sp³-hybridized carbons (Fsp3) is 0.267. The average molecular weight is 303 g/mol. The van der Waals surface area contributed by atoms with Gasteiger partial charge in [-0.1, -0.05) is 17.7 Å². The first-order valence-electron chi connectivity index (χ1n) is 6.83. The van der Waals surface area contributed by atoms with E-state index >= 15 is 0 Å². The number of benzene rings is 1. The topological polar surface area (TPSA) is 76.3 Å². The second kappa shape index (κ2) is 5.04. The standard InChI is InChI=1S/C15H17N3O2S/c1-11-6-7-13-12(10-11)4-3-9-18(13)21(19,20)14-5-2-8-17-15(14)16/h2,5-8,10H,3-4,9H2,1H3,(H2,16,17). The number of hydrogen-bond acceptors (Lipinski definition) is 4. The van der Waals surface area contributed by atoms with E-state index in [9.17, 15) is 8.42 Å². The molecular weight excluding hydrogens is 286 g/mol. The third-order valence-corrected chi connectivity index (χ3v) is 5.54. The highest BCUT2D eigenvalue weighted by Gasteiger charge is 2.30. The summed E-state index contributed by atoms with van der Waals surface area (Å²) in [5, 5.41) is 0. The molecule has 0 fully saturated rings. The number of aryl methyl sites for hydroxylation is 2. The van der Waals surface area contributed by atoms with Crippen molar-refractivity contribution in [1.29, 1.82) is 0 Å². The van der Waals surface area contributed by atoms with Crippen molar-refractivity contribution in [3.8, 4) is 0 Å². The fourth-order valence-electron chi connectivity index (χ4n) is 2.68. The molecule has 110 valence electrons. The van der Waals surface area contributed by atoms with Crippen molar-refractivity contribution >= 4 is 21.5 Å². The van der Waals surface area contributed by atoms with Crippen molar-refractivity contribution in [2.45, 2.75) is 24.7 Å². The monoisotopic (exact) mass is 303 g/mol. The van der Waals surface area contributed by atoms with Crippen LogP contribution in [-0.4, -0.2) is 19.9 Å². The number of pyridine rings is 1. The zero-order valence-electron chi connectivity index (χ0n) is 11.8. The molecule has 0 aliphatic carbocycles. The number of anilines is 2. The highest BCUT2D eigenvalue weighted by Crippen LogP contribution is 2.33. The van der Waals surface area contributed by atoms with Gasteiger partial charge in [0.15, 0.2) is 0 Å². The predicted octanol–water partition coefficient (Wildman–Crippen LogP) is 2.11. The Morgan fingerprint density at radius 3 is 2.86 bits per heavy atom. The predicted molar refractivity (Wildman–Crippen MR) is 82.7 cm³/mol. The summed E-state index contributed by atoms with van der Waals surface area (Å²) in [5.74, 6) is 0.0386. The third-order valence-electron chi connectivity index (χ3n) is 3.68. The van der Waals surface area contributed by atoms with Crippen LogP contribution in [0, 0.1) is 6.92 Å². The molecule has 2 heterocycles. The van der Waals surface area contributed by atoms with E-state index in [0.29, 0.717) is 6.54 Å². The summed E-state index contributed by atoms with van der Waals surface area (Å²) in [7, 11) is -3.67. The molecule has 3 rings (SSSR count). The lowest BCUT2D eigenvalue weighted by Crippen LogP contribution is -2.36. The van der Waals surface area contributed by atoms with E-state index in [1.54, 1.807) is 6.07 Å². The zero-order chi connectivity index (χ0) is 15.0. The minimum absolute atomic E-state index is 0.0386. The Labute approximate surface area is 124 Å². The van der Waals surface area contributed by atoms with Crippen LogP contribution in [0.5, 0.6) is 0 Å². The van der Waals surface area contributed by atoms with Crippen LogP contribution in [0.15, 0.2) is 41.4 Å². The number of sulfonamides is 1. The summed E-state index contributed by atoms with van der Waals surface area (Å²) >= 11 is 0. The normalized spacial score (nSPS) is 14.8. The van der Waals surface area contributed by atoms with Gasteiger partial charge in [0.2, 0.25) is 0 Å². The van der Waals surface area contributed by atoms with E-state index < -0.39 is 10.0 Å². The molecule has 0 spiro atoms. The van der Waals surface area contributed by atoms with Crippen molar-refractivity contribution in [2.24, 2.45) is 0 Å². The van der Waals surface area contributed by atoms with Crippen LogP contribution in [0.4, 0.5) is 11.5 Å². The largest absolute Gasteiger partial charge is 0.383 e. The van der Waals surface area contributed by atoms with Crippen molar-refractivity contribution in [3.05, 3.63) is 47.7 Å². The van der Waals surface area contributed by atoms with Crippen LogP contribution in [-0.2, 0) is 16.4 Å². The first kappa shape index (κ1) is 13.9. The number of nitrogens with two attached hydrogens (primary N) is 1. The quantitative estimate of drug-likeness (QED) is 0.922. The van der Waals surface area contributed by atoms with E-state index in [1.165, 1.54) is 16.6 Å². The maximum Gasteiger partial charge on any atom is 0.267 e. The van der Waals surface area contributed by atoms with Crippen LogP contribution >= 0.6 is 0 Å². The Kier molecular flexibility index (Phi) is 3.33. The summed E-state index contributed by atoms with van der Waals surface area (Å²) in [4.78, 5) is 3.95. The van der Waals surface area contributed by atoms with Gasteiger partial charge in [-0.25, -0.2) is 13.4 Å². The lowest BCUT2D eigenvalue weighted by atomic mass is 10.0. The minimum Gasteiger partial charge on any atom is -0.383 e. The first-order chi connectivity index (χ1) is 10.00. The van der Waals surface area contributed by atoms with E-state index in [4.69, 9.17) is 5.73 Å². The Morgan fingerprint density at radius 1 is 1.29 bits per heavy atom. The van der Waals surface area contributed by atoms with Gasteiger partial charge in [0.05, 0.1) is 5.69 Å². The molecule has 0 bridgehead atoms. The number of aromatic nitrogens is 1. The smallest absolute Gasteiger partial charge is 0.267 e. The van der Waals surface area contributed by atoms with E-state index in [2.05, 4.69) is 4.98 Å². The van der Waals surface area contributed by atoms with E-state index in [-0.39, 0.29) is 10.7 Å².